The number of carbonyl (C=O) groups excluding carboxylic acids is 2. The van der Waals surface area contributed by atoms with Crippen LogP contribution in [0, 0.1) is 10.1 Å². The molecule has 2 aromatic carbocycles. The minimum absolute atomic E-state index is 0.0245. The van der Waals surface area contributed by atoms with Crippen LogP contribution in [-0.2, 0) is 20.9 Å². The maximum atomic E-state index is 12.2. The number of ether oxygens (including phenoxy) is 2. The maximum Gasteiger partial charge on any atom is 0.374 e. The number of hydrogen-bond acceptors (Lipinski definition) is 7. The molecule has 0 aliphatic rings. The van der Waals surface area contributed by atoms with E-state index in [-0.39, 0.29) is 30.2 Å². The molecule has 0 unspecified atom stereocenters. The van der Waals surface area contributed by atoms with E-state index in [4.69, 9.17) is 13.9 Å². The van der Waals surface area contributed by atoms with Gasteiger partial charge in [-0.25, -0.2) is 9.59 Å². The third-order valence-corrected chi connectivity index (χ3v) is 4.05. The Balaban J connectivity index is 1.78. The van der Waals surface area contributed by atoms with Crippen molar-refractivity contribution in [2.75, 3.05) is 6.61 Å². The fourth-order valence-electron chi connectivity index (χ4n) is 2.75. The molecule has 0 spiro atoms. The Morgan fingerprint density at radius 1 is 1.10 bits per heavy atom. The highest BCUT2D eigenvalue weighted by Gasteiger charge is 2.22. The summed E-state index contributed by atoms with van der Waals surface area (Å²) in [6.07, 6.45) is 2.40. The van der Waals surface area contributed by atoms with Gasteiger partial charge in [0, 0.05) is 17.5 Å². The van der Waals surface area contributed by atoms with E-state index in [1.54, 1.807) is 37.3 Å². The molecule has 1 heterocycles. The molecular formula is C21H17NO7. The first-order chi connectivity index (χ1) is 14.0. The standard InChI is InChI=1S/C21H17NO7/c1-2-27-21(24)20-16(15-8-4-6-10-18(15)29-20)13-28-19(23)12-11-14-7-3-5-9-17(14)22(25)26/h3-12H,2,13H2,1H3/b12-11+. The lowest BCUT2D eigenvalue weighted by atomic mass is 10.1. The van der Waals surface area contributed by atoms with Crippen molar-refractivity contribution >= 4 is 34.7 Å². The summed E-state index contributed by atoms with van der Waals surface area (Å²) in [5, 5.41) is 11.7. The fraction of sp³-hybridized carbons (Fsp3) is 0.143. The lowest BCUT2D eigenvalue weighted by Crippen LogP contribution is -2.08. The predicted molar refractivity (Wildman–Crippen MR) is 104 cm³/mol. The van der Waals surface area contributed by atoms with E-state index >= 15 is 0 Å². The number of nitrogens with zero attached hydrogens (tertiary/aromatic N) is 1. The van der Waals surface area contributed by atoms with Gasteiger partial charge in [-0.3, -0.25) is 10.1 Å². The minimum atomic E-state index is -0.719. The molecule has 0 saturated carbocycles. The van der Waals surface area contributed by atoms with Gasteiger partial charge >= 0.3 is 11.9 Å². The molecule has 0 amide bonds. The summed E-state index contributed by atoms with van der Waals surface area (Å²) in [6, 6.07) is 13.0. The van der Waals surface area contributed by atoms with E-state index in [9.17, 15) is 19.7 Å². The molecule has 0 saturated heterocycles. The van der Waals surface area contributed by atoms with Gasteiger partial charge in [0.05, 0.1) is 22.7 Å². The fourth-order valence-corrected chi connectivity index (χ4v) is 2.75. The number of fused-ring (bicyclic) bond motifs is 1. The molecule has 0 aliphatic heterocycles. The first-order valence-electron chi connectivity index (χ1n) is 8.77. The molecule has 0 fully saturated rings. The molecule has 0 atom stereocenters. The number of benzene rings is 2. The van der Waals surface area contributed by atoms with Crippen LogP contribution in [0.3, 0.4) is 0 Å². The van der Waals surface area contributed by atoms with Crippen molar-refractivity contribution in [3.05, 3.63) is 81.6 Å². The van der Waals surface area contributed by atoms with Gasteiger partial charge in [0.1, 0.15) is 12.2 Å². The third-order valence-electron chi connectivity index (χ3n) is 4.05. The molecule has 3 rings (SSSR count). The van der Waals surface area contributed by atoms with Crippen molar-refractivity contribution in [3.63, 3.8) is 0 Å². The minimum Gasteiger partial charge on any atom is -0.460 e. The van der Waals surface area contributed by atoms with Gasteiger partial charge in [-0.2, -0.15) is 0 Å². The number of para-hydroxylation sites is 2. The molecule has 0 N–H and O–H groups in total. The maximum absolute atomic E-state index is 12.2. The van der Waals surface area contributed by atoms with Crippen molar-refractivity contribution in [2.45, 2.75) is 13.5 Å². The monoisotopic (exact) mass is 395 g/mol. The third kappa shape index (κ3) is 4.49. The number of esters is 2. The van der Waals surface area contributed by atoms with E-state index in [2.05, 4.69) is 0 Å². The van der Waals surface area contributed by atoms with Crippen LogP contribution in [-0.4, -0.2) is 23.5 Å². The Morgan fingerprint density at radius 2 is 1.83 bits per heavy atom. The number of hydrogen-bond donors (Lipinski definition) is 0. The summed E-state index contributed by atoms with van der Waals surface area (Å²) in [5.74, 6) is -1.39. The first kappa shape index (κ1) is 19.8. The number of nitro groups is 1. The van der Waals surface area contributed by atoms with Crippen LogP contribution in [0.15, 0.2) is 59.0 Å². The summed E-state index contributed by atoms with van der Waals surface area (Å²) in [7, 11) is 0. The molecule has 29 heavy (non-hydrogen) atoms. The van der Waals surface area contributed by atoms with E-state index in [0.717, 1.165) is 6.08 Å². The van der Waals surface area contributed by atoms with Crippen LogP contribution in [0.5, 0.6) is 0 Å². The predicted octanol–water partition coefficient (Wildman–Crippen LogP) is 4.27. The number of nitro benzene ring substituents is 1. The lowest BCUT2D eigenvalue weighted by Gasteiger charge is -2.04. The van der Waals surface area contributed by atoms with Crippen molar-refractivity contribution in [2.24, 2.45) is 0 Å². The molecule has 0 bridgehead atoms. The zero-order chi connectivity index (χ0) is 20.8. The van der Waals surface area contributed by atoms with Crippen LogP contribution in [0.1, 0.15) is 28.6 Å². The smallest absolute Gasteiger partial charge is 0.374 e. The second-order valence-electron chi connectivity index (χ2n) is 5.88. The second-order valence-corrected chi connectivity index (χ2v) is 5.88. The van der Waals surface area contributed by atoms with Crippen LogP contribution in [0.2, 0.25) is 0 Å². The topological polar surface area (TPSA) is 109 Å². The molecule has 3 aromatic rings. The van der Waals surface area contributed by atoms with E-state index in [1.165, 1.54) is 24.3 Å². The van der Waals surface area contributed by atoms with Gasteiger partial charge in [-0.1, -0.05) is 30.3 Å². The normalized spacial score (nSPS) is 10.9. The van der Waals surface area contributed by atoms with Gasteiger partial charge in [0.2, 0.25) is 5.76 Å². The average Bonchev–Trinajstić information content (AvgIpc) is 3.10. The number of rotatable bonds is 7. The van der Waals surface area contributed by atoms with Crippen LogP contribution < -0.4 is 0 Å². The van der Waals surface area contributed by atoms with Crippen molar-refractivity contribution < 1.29 is 28.4 Å². The average molecular weight is 395 g/mol. The molecule has 8 nitrogen and oxygen atoms in total. The summed E-state index contributed by atoms with van der Waals surface area (Å²) >= 11 is 0. The van der Waals surface area contributed by atoms with Crippen LogP contribution in [0.25, 0.3) is 17.0 Å². The van der Waals surface area contributed by atoms with Crippen molar-refractivity contribution in [1.82, 2.24) is 0 Å². The van der Waals surface area contributed by atoms with Gasteiger partial charge in [-0.15, -0.1) is 0 Å². The van der Waals surface area contributed by atoms with Gasteiger partial charge < -0.3 is 13.9 Å². The second kappa shape index (κ2) is 8.83. The van der Waals surface area contributed by atoms with Crippen LogP contribution in [0.4, 0.5) is 5.69 Å². The van der Waals surface area contributed by atoms with E-state index < -0.39 is 16.9 Å². The Labute approximate surface area is 165 Å². The Morgan fingerprint density at radius 3 is 2.59 bits per heavy atom. The van der Waals surface area contributed by atoms with E-state index in [1.807, 2.05) is 0 Å². The van der Waals surface area contributed by atoms with Gasteiger partial charge in [0.25, 0.3) is 5.69 Å². The molecule has 0 aliphatic carbocycles. The SMILES string of the molecule is CCOC(=O)c1oc2ccccc2c1COC(=O)/C=C/c1ccccc1[N+](=O)[O-]. The number of furan rings is 1. The van der Waals surface area contributed by atoms with Crippen LogP contribution >= 0.6 is 0 Å². The summed E-state index contributed by atoms with van der Waals surface area (Å²) in [4.78, 5) is 34.8. The summed E-state index contributed by atoms with van der Waals surface area (Å²) < 4.78 is 15.8. The zero-order valence-corrected chi connectivity index (χ0v) is 15.5. The highest BCUT2D eigenvalue weighted by Crippen LogP contribution is 2.27. The first-order valence-corrected chi connectivity index (χ1v) is 8.77. The quantitative estimate of drug-likeness (QED) is 0.254. The molecular weight excluding hydrogens is 378 g/mol. The highest BCUT2D eigenvalue weighted by atomic mass is 16.6. The molecule has 8 heteroatoms. The Kier molecular flexibility index (Phi) is 6.03. The largest absolute Gasteiger partial charge is 0.460 e. The highest BCUT2D eigenvalue weighted by molar-refractivity contribution is 5.96. The van der Waals surface area contributed by atoms with Gasteiger partial charge in [-0.05, 0) is 25.1 Å². The summed E-state index contributed by atoms with van der Waals surface area (Å²) in [6.45, 7) is 1.63. The van der Waals surface area contributed by atoms with Gasteiger partial charge in [0.15, 0.2) is 0 Å². The molecule has 0 radical (unpaired) electrons. The van der Waals surface area contributed by atoms with Crippen molar-refractivity contribution in [3.8, 4) is 0 Å². The molecule has 1 aromatic heterocycles. The Bertz CT molecular complexity index is 1100. The lowest BCUT2D eigenvalue weighted by molar-refractivity contribution is -0.385. The van der Waals surface area contributed by atoms with E-state index in [0.29, 0.717) is 16.5 Å². The Hall–Kier alpha value is -3.94. The zero-order valence-electron chi connectivity index (χ0n) is 15.5. The molecule has 148 valence electrons. The number of carbonyl (C=O) groups is 2. The van der Waals surface area contributed by atoms with Crippen molar-refractivity contribution in [1.29, 1.82) is 0 Å². The summed E-state index contributed by atoms with van der Waals surface area (Å²) in [5.41, 5.74) is 1.01.